The van der Waals surface area contributed by atoms with Crippen molar-refractivity contribution in [2.75, 3.05) is 14.2 Å². The van der Waals surface area contributed by atoms with Crippen molar-refractivity contribution in [3.8, 4) is 33.8 Å². The van der Waals surface area contributed by atoms with Crippen molar-refractivity contribution in [3.63, 3.8) is 0 Å². The van der Waals surface area contributed by atoms with Gasteiger partial charge in [0.05, 0.1) is 48.0 Å². The highest BCUT2D eigenvalue weighted by Crippen LogP contribution is 2.46. The normalized spacial score (nSPS) is 12.8. The average Bonchev–Trinajstić information content (AvgIpc) is 3.94. The monoisotopic (exact) mass is 803 g/mol. The molecule has 0 fully saturated rings. The molecular weight excluding hydrogens is 737 g/mol. The first-order valence-electron chi connectivity index (χ1n) is 22.7. The fourth-order valence-electron chi connectivity index (χ4n) is 9.43. The van der Waals surface area contributed by atoms with Gasteiger partial charge < -0.3 is 19.4 Å². The van der Waals surface area contributed by atoms with E-state index in [4.69, 9.17) is 19.4 Å². The second kappa shape index (κ2) is 18.9. The number of benzene rings is 2. The van der Waals surface area contributed by atoms with Crippen molar-refractivity contribution in [2.45, 2.75) is 132 Å². The molecule has 60 heavy (non-hydrogen) atoms. The van der Waals surface area contributed by atoms with Crippen LogP contribution in [-0.4, -0.2) is 34.2 Å². The maximum atomic E-state index is 6.13. The van der Waals surface area contributed by atoms with Gasteiger partial charge in [0.15, 0.2) is 0 Å². The highest BCUT2D eigenvalue weighted by molar-refractivity contribution is 6.04. The number of ether oxygens (including phenoxy) is 2. The number of nitrogens with one attached hydrogen (secondary N) is 2. The molecule has 3 aromatic heterocycles. The molecule has 2 aliphatic heterocycles. The summed E-state index contributed by atoms with van der Waals surface area (Å²) in [6.45, 7) is 18.3. The van der Waals surface area contributed by atoms with Gasteiger partial charge in [-0.3, -0.25) is 0 Å². The van der Waals surface area contributed by atoms with Gasteiger partial charge in [-0.1, -0.05) is 89.8 Å². The summed E-state index contributed by atoms with van der Waals surface area (Å²) in [6, 6.07) is 21.6. The molecule has 0 spiro atoms. The molecule has 8 bridgehead atoms. The zero-order valence-corrected chi connectivity index (χ0v) is 38.0. The second-order valence-corrected chi connectivity index (χ2v) is 16.8. The number of fused-ring (bicyclic) bond motifs is 8. The van der Waals surface area contributed by atoms with Crippen molar-refractivity contribution in [2.24, 2.45) is 0 Å². The van der Waals surface area contributed by atoms with E-state index in [-0.39, 0.29) is 0 Å². The standard InChI is InChI=1S/C54H66N4O2/c1-11-15-23-37-33(5)51-49(41-27-19-21-29-47(41)59-9)52-35(7)39(25-17-13-3)45(57-52)32-46-40(26-18-14-4)36(8)54(58-46)50(42-28-20-22-30-48(42)60-10)53-34(6)38(24-16-12-2)44(56-53)31-43(37)55-51/h19-22,27-32,55,58H,11-18,23-26H2,1-10H3. The molecule has 7 rings (SSSR count). The Kier molecular flexibility index (Phi) is 13.5. The van der Waals surface area contributed by atoms with Crippen LogP contribution in [-0.2, 0) is 12.8 Å². The van der Waals surface area contributed by atoms with E-state index in [2.05, 4.69) is 126 Å². The number of para-hydroxylation sites is 2. The SMILES string of the molecule is CCCCC1=C(C)c2nc1cc1[nH]c(c(C)c1CCCC)c(-c1ccccc1OC)c1nc(cc3[nH]c(c(C)c3CCCC)c2-c2ccccc2OC)C(CCCC)=C1C. The molecule has 2 aromatic carbocycles. The van der Waals surface area contributed by atoms with Crippen LogP contribution >= 0.6 is 0 Å². The Balaban J connectivity index is 1.78. The Morgan fingerprint density at radius 1 is 0.500 bits per heavy atom. The second-order valence-electron chi connectivity index (χ2n) is 16.8. The Hall–Kier alpha value is -5.36. The summed E-state index contributed by atoms with van der Waals surface area (Å²) < 4.78 is 12.3. The van der Waals surface area contributed by atoms with Crippen LogP contribution in [0.5, 0.6) is 11.5 Å². The van der Waals surface area contributed by atoms with Crippen molar-refractivity contribution >= 4 is 44.4 Å². The summed E-state index contributed by atoms with van der Waals surface area (Å²) in [5.74, 6) is 1.68. The van der Waals surface area contributed by atoms with E-state index < -0.39 is 0 Å². The van der Waals surface area contributed by atoms with E-state index in [9.17, 15) is 0 Å². The lowest BCUT2D eigenvalue weighted by Crippen LogP contribution is -1.93. The minimum Gasteiger partial charge on any atom is -0.496 e. The topological polar surface area (TPSA) is 75.8 Å². The molecular formula is C54H66N4O2. The van der Waals surface area contributed by atoms with Gasteiger partial charge in [0.25, 0.3) is 0 Å². The first kappa shape index (κ1) is 42.8. The molecule has 5 heterocycles. The number of aromatic nitrogens is 4. The lowest BCUT2D eigenvalue weighted by molar-refractivity contribution is 0.416. The van der Waals surface area contributed by atoms with Crippen molar-refractivity contribution in [1.82, 2.24) is 19.9 Å². The molecule has 5 aromatic rings. The summed E-state index contributed by atoms with van der Waals surface area (Å²) in [4.78, 5) is 19.6. The van der Waals surface area contributed by atoms with Crippen molar-refractivity contribution in [1.29, 1.82) is 0 Å². The van der Waals surface area contributed by atoms with Crippen LogP contribution < -0.4 is 9.47 Å². The number of rotatable bonds is 16. The molecule has 2 aliphatic rings. The number of unbranched alkanes of at least 4 members (excludes halogenated alkanes) is 4. The molecule has 0 radical (unpaired) electrons. The number of nitrogens with zero attached hydrogens (tertiary/aromatic N) is 2. The molecule has 2 N–H and O–H groups in total. The van der Waals surface area contributed by atoms with Gasteiger partial charge >= 0.3 is 0 Å². The molecule has 6 nitrogen and oxygen atoms in total. The summed E-state index contributed by atoms with van der Waals surface area (Å²) in [5, 5.41) is 0. The summed E-state index contributed by atoms with van der Waals surface area (Å²) in [7, 11) is 3.55. The van der Waals surface area contributed by atoms with Gasteiger partial charge in [-0.2, -0.15) is 0 Å². The van der Waals surface area contributed by atoms with Gasteiger partial charge in [-0.05, 0) is 148 Å². The van der Waals surface area contributed by atoms with E-state index in [1.165, 1.54) is 44.5 Å². The zero-order valence-electron chi connectivity index (χ0n) is 38.0. The molecule has 6 heteroatoms. The number of allylic oxidation sites excluding steroid dienone is 4. The largest absolute Gasteiger partial charge is 0.496 e. The summed E-state index contributed by atoms with van der Waals surface area (Å²) in [6.07, 6.45) is 12.7. The number of aromatic amines is 2. The minimum absolute atomic E-state index is 0.838. The summed E-state index contributed by atoms with van der Waals surface area (Å²) >= 11 is 0. The predicted molar refractivity (Wildman–Crippen MR) is 256 cm³/mol. The van der Waals surface area contributed by atoms with E-state index in [1.807, 2.05) is 0 Å². The third-order valence-electron chi connectivity index (χ3n) is 12.9. The number of H-pyrrole nitrogens is 2. The number of hydrogen-bond donors (Lipinski definition) is 2. The molecule has 0 saturated heterocycles. The molecule has 0 atom stereocenters. The first-order chi connectivity index (χ1) is 29.2. The zero-order chi connectivity index (χ0) is 42.5. The quantitative estimate of drug-likeness (QED) is 0.104. The van der Waals surface area contributed by atoms with Crippen molar-refractivity contribution < 1.29 is 9.47 Å². The van der Waals surface area contributed by atoms with Crippen molar-refractivity contribution in [3.05, 3.63) is 106 Å². The van der Waals surface area contributed by atoms with Crippen LogP contribution in [0.15, 0.2) is 60.7 Å². The molecule has 0 unspecified atom stereocenters. The first-order valence-corrected chi connectivity index (χ1v) is 22.7. The molecule has 0 saturated carbocycles. The molecule has 0 aliphatic carbocycles. The van der Waals surface area contributed by atoms with E-state index in [0.717, 1.165) is 156 Å². The maximum Gasteiger partial charge on any atom is 0.126 e. The maximum absolute atomic E-state index is 6.13. The Morgan fingerprint density at radius 3 is 1.23 bits per heavy atom. The smallest absolute Gasteiger partial charge is 0.126 e. The highest BCUT2D eigenvalue weighted by Gasteiger charge is 2.28. The van der Waals surface area contributed by atoms with Gasteiger partial charge in [0, 0.05) is 33.3 Å². The Morgan fingerprint density at radius 2 is 0.867 bits per heavy atom. The van der Waals surface area contributed by atoms with E-state index >= 15 is 0 Å². The van der Waals surface area contributed by atoms with E-state index in [1.54, 1.807) is 14.2 Å². The third-order valence-corrected chi connectivity index (χ3v) is 12.9. The van der Waals surface area contributed by atoms with Crippen LogP contribution in [0.1, 0.15) is 151 Å². The lowest BCUT2D eigenvalue weighted by Gasteiger charge is -2.12. The van der Waals surface area contributed by atoms with Gasteiger partial charge in [-0.25, -0.2) is 9.97 Å². The third kappa shape index (κ3) is 7.98. The fourth-order valence-corrected chi connectivity index (χ4v) is 9.43. The van der Waals surface area contributed by atoms with Crippen LogP contribution in [0, 0.1) is 13.8 Å². The van der Waals surface area contributed by atoms with E-state index in [0.29, 0.717) is 0 Å². The Labute approximate surface area is 358 Å². The van der Waals surface area contributed by atoms with Crippen LogP contribution in [0.2, 0.25) is 0 Å². The highest BCUT2D eigenvalue weighted by atomic mass is 16.5. The number of aryl methyl sites for hydroxylation is 4. The van der Waals surface area contributed by atoms with Crippen LogP contribution in [0.4, 0.5) is 0 Å². The van der Waals surface area contributed by atoms with Gasteiger partial charge in [0.2, 0.25) is 0 Å². The lowest BCUT2D eigenvalue weighted by atomic mass is 9.93. The van der Waals surface area contributed by atoms with Crippen LogP contribution in [0.3, 0.4) is 0 Å². The Bertz CT molecular complexity index is 2440. The predicted octanol–water partition coefficient (Wildman–Crippen LogP) is 15.2. The molecule has 314 valence electrons. The van der Waals surface area contributed by atoms with Gasteiger partial charge in [0.1, 0.15) is 11.5 Å². The van der Waals surface area contributed by atoms with Gasteiger partial charge in [-0.15, -0.1) is 0 Å². The number of hydrogen-bond acceptors (Lipinski definition) is 4. The average molecular weight is 803 g/mol. The molecule has 0 amide bonds. The van der Waals surface area contributed by atoms with Crippen LogP contribution in [0.25, 0.3) is 66.6 Å². The minimum atomic E-state index is 0.838. The fraction of sp³-hybridized carbons (Fsp3) is 0.407. The number of methoxy groups -OCH3 is 2. The summed E-state index contributed by atoms with van der Waals surface area (Å²) in [5.41, 5.74) is 23.1.